The number of aromatic nitrogens is 1. The highest BCUT2D eigenvalue weighted by atomic mass is 35.5. The molecule has 1 aliphatic rings. The second kappa shape index (κ2) is 5.58. The van der Waals surface area contributed by atoms with Gasteiger partial charge in [-0.25, -0.2) is 4.39 Å². The molecule has 0 spiro atoms. The van der Waals surface area contributed by atoms with E-state index in [-0.39, 0.29) is 25.5 Å². The van der Waals surface area contributed by atoms with E-state index in [1.165, 1.54) is 17.3 Å². The van der Waals surface area contributed by atoms with Crippen LogP contribution in [0.4, 0.5) is 4.39 Å². The summed E-state index contributed by atoms with van der Waals surface area (Å²) in [7, 11) is 0. The number of hydrogen-bond donors (Lipinski definition) is 1. The van der Waals surface area contributed by atoms with Crippen molar-refractivity contribution in [1.82, 2.24) is 15.2 Å². The monoisotopic (exact) mass is 297 g/mol. The van der Waals surface area contributed by atoms with Crippen LogP contribution in [-0.4, -0.2) is 40.5 Å². The van der Waals surface area contributed by atoms with Gasteiger partial charge < -0.3 is 10.2 Å². The molecule has 2 rings (SSSR count). The van der Waals surface area contributed by atoms with Crippen LogP contribution in [0.2, 0.25) is 5.02 Å². The smallest absolute Gasteiger partial charge is 0.261 e. The van der Waals surface area contributed by atoms with Crippen molar-refractivity contribution < 1.29 is 14.0 Å². The summed E-state index contributed by atoms with van der Waals surface area (Å²) < 4.78 is 14.2. The van der Waals surface area contributed by atoms with Crippen LogP contribution in [0.25, 0.3) is 0 Å². The number of carbonyl (C=O) groups is 2. The Morgan fingerprint density at radius 3 is 2.90 bits per heavy atom. The first-order valence-electron chi connectivity index (χ1n) is 5.93. The van der Waals surface area contributed by atoms with E-state index in [1.54, 1.807) is 6.07 Å². The van der Waals surface area contributed by atoms with E-state index >= 15 is 0 Å². The second-order valence-electron chi connectivity index (χ2n) is 4.51. The minimum absolute atomic E-state index is 0.112. The molecule has 0 saturated carbocycles. The SMILES string of the molecule is C=CC(=O)N1CC(F)(C(=O)NCc2ccncc2Cl)C1. The summed E-state index contributed by atoms with van der Waals surface area (Å²) in [5, 5.41) is 2.87. The lowest BCUT2D eigenvalue weighted by Gasteiger charge is -2.42. The van der Waals surface area contributed by atoms with E-state index in [9.17, 15) is 14.0 Å². The lowest BCUT2D eigenvalue weighted by Crippen LogP contribution is -2.67. The number of rotatable bonds is 4. The van der Waals surface area contributed by atoms with Crippen LogP contribution in [0.1, 0.15) is 5.56 Å². The molecule has 1 aliphatic heterocycles. The van der Waals surface area contributed by atoms with Gasteiger partial charge in [-0.15, -0.1) is 0 Å². The summed E-state index contributed by atoms with van der Waals surface area (Å²) in [6.45, 7) is 2.91. The number of carbonyl (C=O) groups excluding carboxylic acids is 2. The Kier molecular flexibility index (Phi) is 4.04. The maximum atomic E-state index is 14.2. The molecule has 1 aromatic heterocycles. The third kappa shape index (κ3) is 2.80. The van der Waals surface area contributed by atoms with Crippen LogP contribution in [0.5, 0.6) is 0 Å². The molecular weight excluding hydrogens is 285 g/mol. The van der Waals surface area contributed by atoms with Gasteiger partial charge in [-0.3, -0.25) is 14.6 Å². The fourth-order valence-electron chi connectivity index (χ4n) is 1.87. The fourth-order valence-corrected chi connectivity index (χ4v) is 2.05. The number of nitrogens with one attached hydrogen (secondary N) is 1. The van der Waals surface area contributed by atoms with Gasteiger partial charge in [-0.05, 0) is 17.7 Å². The maximum absolute atomic E-state index is 14.2. The Hall–Kier alpha value is -1.95. The van der Waals surface area contributed by atoms with Crippen LogP contribution in [-0.2, 0) is 16.1 Å². The highest BCUT2D eigenvalue weighted by Gasteiger charge is 2.51. The highest BCUT2D eigenvalue weighted by Crippen LogP contribution is 2.26. The van der Waals surface area contributed by atoms with Crippen molar-refractivity contribution in [3.63, 3.8) is 0 Å². The molecule has 1 saturated heterocycles. The number of likely N-dealkylation sites (tertiary alicyclic amines) is 1. The molecule has 20 heavy (non-hydrogen) atoms. The molecule has 0 atom stereocenters. The summed E-state index contributed by atoms with van der Waals surface area (Å²) in [6, 6.07) is 1.64. The molecule has 106 valence electrons. The summed E-state index contributed by atoms with van der Waals surface area (Å²) in [4.78, 5) is 28.0. The number of amides is 2. The number of nitrogens with zero attached hydrogens (tertiary/aromatic N) is 2. The number of halogens is 2. The molecule has 0 aromatic carbocycles. The van der Waals surface area contributed by atoms with Crippen molar-refractivity contribution in [2.45, 2.75) is 12.2 Å². The molecule has 0 unspecified atom stereocenters. The Bertz CT molecular complexity index is 558. The molecule has 0 aliphatic carbocycles. The standard InChI is InChI=1S/C13H13ClFN3O2/c1-2-11(19)18-7-13(15,8-18)12(20)17-5-9-3-4-16-6-10(9)14/h2-4,6H,1,5,7-8H2,(H,17,20). The molecular formula is C13H13ClFN3O2. The highest BCUT2D eigenvalue weighted by molar-refractivity contribution is 6.31. The lowest BCUT2D eigenvalue weighted by atomic mass is 9.95. The first-order chi connectivity index (χ1) is 9.46. The minimum Gasteiger partial charge on any atom is -0.349 e. The third-order valence-corrected chi connectivity index (χ3v) is 3.41. The van der Waals surface area contributed by atoms with Crippen molar-refractivity contribution in [3.05, 3.63) is 41.7 Å². The van der Waals surface area contributed by atoms with Crippen molar-refractivity contribution in [2.24, 2.45) is 0 Å². The Labute approximate surface area is 120 Å². The van der Waals surface area contributed by atoms with Gasteiger partial charge >= 0.3 is 0 Å². The number of pyridine rings is 1. The Morgan fingerprint density at radius 1 is 1.60 bits per heavy atom. The first-order valence-corrected chi connectivity index (χ1v) is 6.31. The molecule has 1 fully saturated rings. The van der Waals surface area contributed by atoms with Crippen molar-refractivity contribution in [1.29, 1.82) is 0 Å². The quantitative estimate of drug-likeness (QED) is 0.846. The third-order valence-electron chi connectivity index (χ3n) is 3.07. The molecule has 0 radical (unpaired) electrons. The Balaban J connectivity index is 1.89. The second-order valence-corrected chi connectivity index (χ2v) is 4.92. The van der Waals surface area contributed by atoms with E-state index in [4.69, 9.17) is 11.6 Å². The van der Waals surface area contributed by atoms with Gasteiger partial charge in [0.1, 0.15) is 0 Å². The van der Waals surface area contributed by atoms with Crippen LogP contribution < -0.4 is 5.32 Å². The topological polar surface area (TPSA) is 62.3 Å². The molecule has 1 N–H and O–H groups in total. The molecule has 2 amide bonds. The number of alkyl halides is 1. The largest absolute Gasteiger partial charge is 0.349 e. The normalized spacial score (nSPS) is 16.2. The van der Waals surface area contributed by atoms with Gasteiger partial charge in [-0.1, -0.05) is 18.2 Å². The van der Waals surface area contributed by atoms with Gasteiger partial charge in [-0.2, -0.15) is 0 Å². The van der Waals surface area contributed by atoms with E-state index in [2.05, 4.69) is 16.9 Å². The van der Waals surface area contributed by atoms with E-state index in [0.29, 0.717) is 10.6 Å². The van der Waals surface area contributed by atoms with E-state index in [1.807, 2.05) is 0 Å². The molecule has 1 aromatic rings. The zero-order valence-corrected chi connectivity index (χ0v) is 11.4. The van der Waals surface area contributed by atoms with Gasteiger partial charge in [0.05, 0.1) is 18.1 Å². The van der Waals surface area contributed by atoms with Gasteiger partial charge in [0.25, 0.3) is 5.91 Å². The molecule has 0 bridgehead atoms. The minimum atomic E-state index is -2.04. The molecule has 5 nitrogen and oxygen atoms in total. The van der Waals surface area contributed by atoms with E-state index < -0.39 is 11.6 Å². The van der Waals surface area contributed by atoms with E-state index in [0.717, 1.165) is 6.08 Å². The lowest BCUT2D eigenvalue weighted by molar-refractivity contribution is -0.153. The average molecular weight is 298 g/mol. The predicted molar refractivity (Wildman–Crippen MR) is 71.7 cm³/mol. The summed E-state index contributed by atoms with van der Waals surface area (Å²) in [5.74, 6) is -1.14. The van der Waals surface area contributed by atoms with Crippen molar-refractivity contribution >= 4 is 23.4 Å². The van der Waals surface area contributed by atoms with Gasteiger partial charge in [0, 0.05) is 18.9 Å². The van der Waals surface area contributed by atoms with Crippen LogP contribution in [0.15, 0.2) is 31.1 Å². The maximum Gasteiger partial charge on any atom is 0.261 e. The Morgan fingerprint density at radius 2 is 2.30 bits per heavy atom. The van der Waals surface area contributed by atoms with Crippen LogP contribution >= 0.6 is 11.6 Å². The van der Waals surface area contributed by atoms with Crippen molar-refractivity contribution in [2.75, 3.05) is 13.1 Å². The first kappa shape index (κ1) is 14.5. The fraction of sp³-hybridized carbons (Fsp3) is 0.308. The summed E-state index contributed by atoms with van der Waals surface area (Å²) in [6.07, 6.45) is 4.07. The zero-order chi connectivity index (χ0) is 14.8. The summed E-state index contributed by atoms with van der Waals surface area (Å²) in [5.41, 5.74) is -1.39. The van der Waals surface area contributed by atoms with Crippen LogP contribution in [0, 0.1) is 0 Å². The van der Waals surface area contributed by atoms with Gasteiger partial charge in [0.2, 0.25) is 11.6 Å². The molecule has 7 heteroatoms. The average Bonchev–Trinajstić information content (AvgIpc) is 2.41. The predicted octanol–water partition coefficient (Wildman–Crippen LogP) is 1.09. The molecule has 2 heterocycles. The summed E-state index contributed by atoms with van der Waals surface area (Å²) >= 11 is 5.88. The van der Waals surface area contributed by atoms with Gasteiger partial charge in [0.15, 0.2) is 0 Å². The number of hydrogen-bond acceptors (Lipinski definition) is 3. The van der Waals surface area contributed by atoms with Crippen LogP contribution in [0.3, 0.4) is 0 Å². The van der Waals surface area contributed by atoms with Crippen molar-refractivity contribution in [3.8, 4) is 0 Å². The zero-order valence-electron chi connectivity index (χ0n) is 10.6.